The molecule has 2 heterocycles. The molecule has 2 aliphatic rings. The molecule has 2 saturated heterocycles. The van der Waals surface area contributed by atoms with Gasteiger partial charge in [0.2, 0.25) is 0 Å². The summed E-state index contributed by atoms with van der Waals surface area (Å²) >= 11 is 5.04. The molecule has 2 atom stereocenters. The van der Waals surface area contributed by atoms with E-state index in [0.717, 1.165) is 30.9 Å². The van der Waals surface area contributed by atoms with Gasteiger partial charge in [-0.2, -0.15) is 0 Å². The maximum atomic E-state index is 5.84. The summed E-state index contributed by atoms with van der Waals surface area (Å²) in [5.74, 6) is 0.774. The molecule has 0 spiro atoms. The van der Waals surface area contributed by atoms with Crippen molar-refractivity contribution in [2.24, 2.45) is 5.73 Å². The highest BCUT2D eigenvalue weighted by atomic mass is 32.1. The number of likely N-dealkylation sites (tertiary alicyclic amines) is 1. The van der Waals surface area contributed by atoms with Crippen LogP contribution in [-0.2, 0) is 4.74 Å². The Bertz CT molecular complexity index is 483. The van der Waals surface area contributed by atoms with Crippen molar-refractivity contribution < 1.29 is 9.47 Å². The fourth-order valence-electron chi connectivity index (χ4n) is 2.96. The van der Waals surface area contributed by atoms with Crippen molar-refractivity contribution >= 4 is 17.2 Å². The predicted octanol–water partition coefficient (Wildman–Crippen LogP) is 1.56. The molecule has 108 valence electrons. The van der Waals surface area contributed by atoms with Crippen LogP contribution in [0.3, 0.4) is 0 Å². The molecule has 0 amide bonds. The first-order chi connectivity index (χ1) is 9.72. The third-order valence-corrected chi connectivity index (χ3v) is 4.16. The number of nitrogens with zero attached hydrogens (tertiary/aromatic N) is 1. The lowest BCUT2D eigenvalue weighted by Crippen LogP contribution is -2.44. The van der Waals surface area contributed by atoms with Gasteiger partial charge in [-0.25, -0.2) is 0 Å². The molecule has 2 N–H and O–H groups in total. The van der Waals surface area contributed by atoms with Crippen molar-refractivity contribution in [3.05, 3.63) is 29.8 Å². The van der Waals surface area contributed by atoms with Gasteiger partial charge in [-0.1, -0.05) is 24.4 Å². The molecule has 0 aliphatic carbocycles. The van der Waals surface area contributed by atoms with Gasteiger partial charge in [-0.3, -0.25) is 4.90 Å². The molecular weight excluding hydrogens is 272 g/mol. The Labute approximate surface area is 124 Å². The first kappa shape index (κ1) is 13.8. The monoisotopic (exact) mass is 292 g/mol. The van der Waals surface area contributed by atoms with Crippen molar-refractivity contribution in [3.8, 4) is 5.75 Å². The summed E-state index contributed by atoms with van der Waals surface area (Å²) < 4.78 is 11.7. The van der Waals surface area contributed by atoms with Crippen LogP contribution in [0.2, 0.25) is 0 Å². The van der Waals surface area contributed by atoms with Crippen LogP contribution in [0.4, 0.5) is 0 Å². The number of morpholine rings is 1. The molecular formula is C15H20N2O2S. The Hall–Kier alpha value is -1.17. The zero-order valence-corrected chi connectivity index (χ0v) is 12.3. The van der Waals surface area contributed by atoms with Gasteiger partial charge in [-0.05, 0) is 25.0 Å². The van der Waals surface area contributed by atoms with Gasteiger partial charge in [0.15, 0.2) is 0 Å². The maximum Gasteiger partial charge on any atom is 0.129 e. The number of nitrogens with two attached hydrogens (primary N) is 1. The van der Waals surface area contributed by atoms with Crippen LogP contribution in [0.25, 0.3) is 0 Å². The number of hydrogen-bond acceptors (Lipinski definition) is 4. The highest BCUT2D eigenvalue weighted by molar-refractivity contribution is 7.80. The summed E-state index contributed by atoms with van der Waals surface area (Å²) in [6, 6.07) is 7.66. The van der Waals surface area contributed by atoms with Gasteiger partial charge in [0.1, 0.15) is 17.3 Å². The summed E-state index contributed by atoms with van der Waals surface area (Å²) in [5, 5.41) is 0. The molecule has 5 heteroatoms. The van der Waals surface area contributed by atoms with Crippen LogP contribution < -0.4 is 10.5 Å². The van der Waals surface area contributed by atoms with Gasteiger partial charge in [0.25, 0.3) is 0 Å². The average molecular weight is 292 g/mol. The van der Waals surface area contributed by atoms with Crippen molar-refractivity contribution in [2.75, 3.05) is 26.2 Å². The molecule has 0 aromatic heterocycles. The van der Waals surface area contributed by atoms with E-state index >= 15 is 0 Å². The highest BCUT2D eigenvalue weighted by Crippen LogP contribution is 2.26. The van der Waals surface area contributed by atoms with Gasteiger partial charge in [0.05, 0.1) is 17.8 Å². The van der Waals surface area contributed by atoms with E-state index in [2.05, 4.69) is 4.90 Å². The van der Waals surface area contributed by atoms with Crippen LogP contribution in [-0.4, -0.2) is 48.3 Å². The zero-order valence-electron chi connectivity index (χ0n) is 11.5. The van der Waals surface area contributed by atoms with Crippen LogP contribution in [0, 0.1) is 0 Å². The number of hydrogen-bond donors (Lipinski definition) is 1. The zero-order chi connectivity index (χ0) is 13.9. The Morgan fingerprint density at radius 2 is 2.00 bits per heavy atom. The second-order valence-electron chi connectivity index (χ2n) is 5.43. The van der Waals surface area contributed by atoms with Gasteiger partial charge in [0, 0.05) is 19.6 Å². The van der Waals surface area contributed by atoms with Crippen LogP contribution in [0.1, 0.15) is 18.4 Å². The van der Waals surface area contributed by atoms with Crippen molar-refractivity contribution in [1.82, 2.24) is 4.90 Å². The minimum atomic E-state index is 0.380. The van der Waals surface area contributed by atoms with E-state index in [9.17, 15) is 0 Å². The van der Waals surface area contributed by atoms with Gasteiger partial charge in [-0.15, -0.1) is 0 Å². The van der Waals surface area contributed by atoms with Crippen molar-refractivity contribution in [1.29, 1.82) is 0 Å². The van der Waals surface area contributed by atoms with E-state index < -0.39 is 0 Å². The number of para-hydroxylation sites is 1. The average Bonchev–Trinajstić information content (AvgIpc) is 2.78. The fraction of sp³-hybridized carbons (Fsp3) is 0.533. The summed E-state index contributed by atoms with van der Waals surface area (Å²) in [6.07, 6.45) is 3.26. The predicted molar refractivity (Wildman–Crippen MR) is 82.2 cm³/mol. The standard InChI is InChI=1S/C15H20N2O2S/c16-15(20)13-3-1-2-4-14(13)18-8-7-17-9-11-5-6-12(10-17)19-11/h1-4,11-12H,5-10H2,(H2,16,20). The van der Waals surface area contributed by atoms with E-state index in [4.69, 9.17) is 27.4 Å². The SMILES string of the molecule is NC(=S)c1ccccc1OCCN1CC2CCC(C1)O2. The number of benzene rings is 1. The first-order valence-electron chi connectivity index (χ1n) is 7.12. The normalized spacial score (nSPS) is 25.6. The Balaban J connectivity index is 1.52. The number of thiocarbonyl (C=S) groups is 1. The second kappa shape index (κ2) is 6.08. The van der Waals surface area contributed by atoms with Crippen LogP contribution >= 0.6 is 12.2 Å². The van der Waals surface area contributed by atoms with Crippen molar-refractivity contribution in [3.63, 3.8) is 0 Å². The molecule has 2 unspecified atom stereocenters. The summed E-state index contributed by atoms with van der Waals surface area (Å²) in [6.45, 7) is 3.62. The number of fused-ring (bicyclic) bond motifs is 2. The third-order valence-electron chi connectivity index (χ3n) is 3.94. The third kappa shape index (κ3) is 3.11. The van der Waals surface area contributed by atoms with E-state index in [1.54, 1.807) is 0 Å². The van der Waals surface area contributed by atoms with E-state index in [1.807, 2.05) is 24.3 Å². The number of rotatable bonds is 5. The lowest BCUT2D eigenvalue weighted by atomic mass is 10.2. The lowest BCUT2D eigenvalue weighted by molar-refractivity contribution is -0.0408. The Kier molecular flexibility index (Phi) is 4.19. The Morgan fingerprint density at radius 3 is 2.70 bits per heavy atom. The van der Waals surface area contributed by atoms with Crippen molar-refractivity contribution in [2.45, 2.75) is 25.0 Å². The second-order valence-corrected chi connectivity index (χ2v) is 5.87. The van der Waals surface area contributed by atoms with Crippen LogP contribution in [0.5, 0.6) is 5.75 Å². The molecule has 0 radical (unpaired) electrons. The minimum Gasteiger partial charge on any atom is -0.492 e. The largest absolute Gasteiger partial charge is 0.492 e. The first-order valence-corrected chi connectivity index (χ1v) is 7.52. The molecule has 4 nitrogen and oxygen atoms in total. The molecule has 3 rings (SSSR count). The molecule has 20 heavy (non-hydrogen) atoms. The molecule has 1 aromatic carbocycles. The smallest absolute Gasteiger partial charge is 0.129 e. The van der Waals surface area contributed by atoms with E-state index in [-0.39, 0.29) is 0 Å². The summed E-state index contributed by atoms with van der Waals surface area (Å²) in [7, 11) is 0. The molecule has 0 saturated carbocycles. The minimum absolute atomic E-state index is 0.380. The van der Waals surface area contributed by atoms with Gasteiger partial charge < -0.3 is 15.2 Å². The highest BCUT2D eigenvalue weighted by Gasteiger charge is 2.33. The maximum absolute atomic E-state index is 5.84. The molecule has 1 aromatic rings. The molecule has 2 fully saturated rings. The fourth-order valence-corrected chi connectivity index (χ4v) is 3.13. The quantitative estimate of drug-likeness (QED) is 0.835. The topological polar surface area (TPSA) is 47.7 Å². The number of ether oxygens (including phenoxy) is 2. The van der Waals surface area contributed by atoms with Gasteiger partial charge >= 0.3 is 0 Å². The van der Waals surface area contributed by atoms with E-state index in [0.29, 0.717) is 23.8 Å². The summed E-state index contributed by atoms with van der Waals surface area (Å²) in [4.78, 5) is 2.81. The lowest BCUT2D eigenvalue weighted by Gasteiger charge is -2.31. The molecule has 2 bridgehead atoms. The Morgan fingerprint density at radius 1 is 1.30 bits per heavy atom. The molecule has 2 aliphatic heterocycles. The summed E-state index contributed by atoms with van der Waals surface area (Å²) in [5.41, 5.74) is 6.51. The van der Waals surface area contributed by atoms with Crippen LogP contribution in [0.15, 0.2) is 24.3 Å². The van der Waals surface area contributed by atoms with E-state index in [1.165, 1.54) is 12.8 Å².